The number of nitrogens with two attached hydrogens (primary N) is 1. The smallest absolute Gasteiger partial charge is 0.339 e. The predicted octanol–water partition coefficient (Wildman–Crippen LogP) is 1.67. The van der Waals surface area contributed by atoms with Crippen LogP contribution in [0.4, 0.5) is 0 Å². The molecule has 0 radical (unpaired) electrons. The molecule has 1 rings (SSSR count). The number of ether oxygens (including phenoxy) is 1. The molecule has 0 spiro atoms. The van der Waals surface area contributed by atoms with Crippen molar-refractivity contribution >= 4 is 11.9 Å². The third-order valence-electron chi connectivity index (χ3n) is 2.56. The zero-order chi connectivity index (χ0) is 12.8. The van der Waals surface area contributed by atoms with E-state index in [0.717, 1.165) is 12.0 Å². The van der Waals surface area contributed by atoms with Gasteiger partial charge in [-0.3, -0.25) is 4.79 Å². The Kier molecular flexibility index (Phi) is 4.69. The molecular weight excluding hydrogens is 218 g/mol. The molecule has 0 fully saturated rings. The van der Waals surface area contributed by atoms with Crippen LogP contribution < -0.4 is 5.73 Å². The van der Waals surface area contributed by atoms with E-state index in [2.05, 4.69) is 0 Å². The number of rotatable bonds is 5. The van der Waals surface area contributed by atoms with Gasteiger partial charge >= 0.3 is 5.97 Å². The van der Waals surface area contributed by atoms with Crippen molar-refractivity contribution in [2.24, 2.45) is 5.73 Å². The Balaban J connectivity index is 2.86. The lowest BCUT2D eigenvalue weighted by atomic mass is 10.1. The molecule has 0 saturated carbocycles. The van der Waals surface area contributed by atoms with Crippen molar-refractivity contribution < 1.29 is 14.3 Å². The van der Waals surface area contributed by atoms with Gasteiger partial charge in [-0.2, -0.15) is 0 Å². The summed E-state index contributed by atoms with van der Waals surface area (Å²) in [5, 5.41) is 0. The molecule has 0 bridgehead atoms. The van der Waals surface area contributed by atoms with Gasteiger partial charge in [0.05, 0.1) is 5.56 Å². The molecule has 0 aliphatic heterocycles. The van der Waals surface area contributed by atoms with Gasteiger partial charge in [0.1, 0.15) is 0 Å². The standard InChI is InChI=1S/C13H17NO3/c1-3-9-7-5-6-8-10(9)13(16)17-11(4-2)12(14)15/h5-8,11H,3-4H2,1-2H3,(H2,14,15)/t11-/m1/s1. The lowest BCUT2D eigenvalue weighted by Crippen LogP contribution is -2.32. The summed E-state index contributed by atoms with van der Waals surface area (Å²) in [6.45, 7) is 3.70. The minimum atomic E-state index is -0.854. The van der Waals surface area contributed by atoms with Gasteiger partial charge < -0.3 is 10.5 Å². The van der Waals surface area contributed by atoms with Crippen molar-refractivity contribution in [3.63, 3.8) is 0 Å². The van der Waals surface area contributed by atoms with Crippen LogP contribution in [-0.2, 0) is 16.0 Å². The van der Waals surface area contributed by atoms with Crippen LogP contribution in [0.15, 0.2) is 24.3 Å². The fourth-order valence-electron chi connectivity index (χ4n) is 1.56. The van der Waals surface area contributed by atoms with Gasteiger partial charge in [0.15, 0.2) is 6.10 Å². The van der Waals surface area contributed by atoms with Crippen LogP contribution in [0, 0.1) is 0 Å². The quantitative estimate of drug-likeness (QED) is 0.789. The van der Waals surface area contributed by atoms with Gasteiger partial charge in [0.25, 0.3) is 5.91 Å². The van der Waals surface area contributed by atoms with Crippen LogP contribution in [0.25, 0.3) is 0 Å². The van der Waals surface area contributed by atoms with Crippen LogP contribution >= 0.6 is 0 Å². The fraction of sp³-hybridized carbons (Fsp3) is 0.385. The second-order valence-corrected chi connectivity index (χ2v) is 3.72. The van der Waals surface area contributed by atoms with Crippen molar-refractivity contribution in [1.29, 1.82) is 0 Å². The van der Waals surface area contributed by atoms with Gasteiger partial charge in [-0.1, -0.05) is 32.0 Å². The maximum absolute atomic E-state index is 11.9. The molecule has 2 N–H and O–H groups in total. The normalized spacial score (nSPS) is 11.9. The summed E-state index contributed by atoms with van der Waals surface area (Å²) in [5.41, 5.74) is 6.52. The molecule has 4 nitrogen and oxygen atoms in total. The zero-order valence-corrected chi connectivity index (χ0v) is 10.1. The monoisotopic (exact) mass is 235 g/mol. The molecule has 1 atom stereocenters. The molecule has 1 aromatic carbocycles. The molecule has 92 valence electrons. The van der Waals surface area contributed by atoms with E-state index in [4.69, 9.17) is 10.5 Å². The highest BCUT2D eigenvalue weighted by atomic mass is 16.5. The molecule has 4 heteroatoms. The fourth-order valence-corrected chi connectivity index (χ4v) is 1.56. The lowest BCUT2D eigenvalue weighted by molar-refractivity contribution is -0.126. The van der Waals surface area contributed by atoms with E-state index in [1.165, 1.54) is 0 Å². The number of carbonyl (C=O) groups is 2. The average Bonchev–Trinajstić information content (AvgIpc) is 2.35. The largest absolute Gasteiger partial charge is 0.449 e. The maximum atomic E-state index is 11.9. The van der Waals surface area contributed by atoms with Crippen LogP contribution in [-0.4, -0.2) is 18.0 Å². The average molecular weight is 235 g/mol. The highest BCUT2D eigenvalue weighted by Crippen LogP contribution is 2.12. The van der Waals surface area contributed by atoms with E-state index in [1.54, 1.807) is 19.1 Å². The maximum Gasteiger partial charge on any atom is 0.339 e. The summed E-state index contributed by atoms with van der Waals surface area (Å²) in [6.07, 6.45) is 0.265. The summed E-state index contributed by atoms with van der Waals surface area (Å²) in [7, 11) is 0. The first-order valence-corrected chi connectivity index (χ1v) is 5.68. The van der Waals surface area contributed by atoms with Crippen molar-refractivity contribution in [2.45, 2.75) is 32.8 Å². The number of hydrogen-bond acceptors (Lipinski definition) is 3. The van der Waals surface area contributed by atoms with Crippen molar-refractivity contribution in [3.05, 3.63) is 35.4 Å². The second kappa shape index (κ2) is 6.03. The molecule has 0 saturated heterocycles. The Morgan fingerprint density at radius 3 is 2.47 bits per heavy atom. The van der Waals surface area contributed by atoms with Gasteiger partial charge in [0, 0.05) is 0 Å². The van der Waals surface area contributed by atoms with Crippen LogP contribution in [0.3, 0.4) is 0 Å². The zero-order valence-electron chi connectivity index (χ0n) is 10.1. The summed E-state index contributed by atoms with van der Waals surface area (Å²) >= 11 is 0. The summed E-state index contributed by atoms with van der Waals surface area (Å²) in [5.74, 6) is -1.11. The Morgan fingerprint density at radius 1 is 1.29 bits per heavy atom. The van der Waals surface area contributed by atoms with Gasteiger partial charge in [-0.15, -0.1) is 0 Å². The summed E-state index contributed by atoms with van der Waals surface area (Å²) in [4.78, 5) is 22.9. The number of esters is 1. The van der Waals surface area contributed by atoms with E-state index in [9.17, 15) is 9.59 Å². The highest BCUT2D eigenvalue weighted by Gasteiger charge is 2.20. The van der Waals surface area contributed by atoms with Crippen molar-refractivity contribution in [3.8, 4) is 0 Å². The van der Waals surface area contributed by atoms with E-state index in [0.29, 0.717) is 12.0 Å². The molecule has 0 heterocycles. The van der Waals surface area contributed by atoms with Gasteiger partial charge in [-0.25, -0.2) is 4.79 Å². The number of hydrogen-bond donors (Lipinski definition) is 1. The third-order valence-corrected chi connectivity index (χ3v) is 2.56. The van der Waals surface area contributed by atoms with E-state index in [1.807, 2.05) is 19.1 Å². The number of amides is 1. The Hall–Kier alpha value is -1.84. The molecule has 0 aromatic heterocycles. The Morgan fingerprint density at radius 2 is 1.94 bits per heavy atom. The SMILES string of the molecule is CCc1ccccc1C(=O)O[C@H](CC)C(N)=O. The Bertz CT molecular complexity index is 415. The Labute approximate surface area is 101 Å². The number of benzene rings is 1. The molecule has 0 aliphatic carbocycles. The van der Waals surface area contributed by atoms with Gasteiger partial charge in [0.2, 0.25) is 0 Å². The third kappa shape index (κ3) is 3.31. The van der Waals surface area contributed by atoms with E-state index >= 15 is 0 Å². The molecule has 1 amide bonds. The molecule has 0 unspecified atom stereocenters. The summed E-state index contributed by atoms with van der Waals surface area (Å²) < 4.78 is 5.08. The summed E-state index contributed by atoms with van der Waals surface area (Å²) in [6, 6.07) is 7.18. The van der Waals surface area contributed by atoms with Crippen LogP contribution in [0.5, 0.6) is 0 Å². The van der Waals surface area contributed by atoms with E-state index in [-0.39, 0.29) is 0 Å². The van der Waals surface area contributed by atoms with Crippen molar-refractivity contribution in [1.82, 2.24) is 0 Å². The number of primary amides is 1. The first kappa shape index (κ1) is 13.2. The minimum absolute atomic E-state index is 0.384. The van der Waals surface area contributed by atoms with Crippen molar-refractivity contribution in [2.75, 3.05) is 0 Å². The molecule has 0 aliphatic rings. The van der Waals surface area contributed by atoms with Crippen LogP contribution in [0.2, 0.25) is 0 Å². The molecule has 17 heavy (non-hydrogen) atoms. The van der Waals surface area contributed by atoms with Crippen LogP contribution in [0.1, 0.15) is 36.2 Å². The molecule has 1 aromatic rings. The first-order chi connectivity index (χ1) is 8.10. The number of aryl methyl sites for hydroxylation is 1. The molecular formula is C13H17NO3. The lowest BCUT2D eigenvalue weighted by Gasteiger charge is -2.13. The second-order valence-electron chi connectivity index (χ2n) is 3.72. The predicted molar refractivity (Wildman–Crippen MR) is 64.5 cm³/mol. The van der Waals surface area contributed by atoms with E-state index < -0.39 is 18.0 Å². The van der Waals surface area contributed by atoms with Gasteiger partial charge in [-0.05, 0) is 24.5 Å². The number of carbonyl (C=O) groups excluding carboxylic acids is 2. The first-order valence-electron chi connectivity index (χ1n) is 5.68. The highest BCUT2D eigenvalue weighted by molar-refractivity contribution is 5.93. The minimum Gasteiger partial charge on any atom is -0.449 e. The topological polar surface area (TPSA) is 69.4 Å².